The lowest BCUT2D eigenvalue weighted by Gasteiger charge is -2.04. The molecule has 0 bridgehead atoms. The molecule has 2 nitrogen and oxygen atoms in total. The number of allylic oxidation sites excluding steroid dienone is 2. The minimum atomic E-state index is -0.266. The summed E-state index contributed by atoms with van der Waals surface area (Å²) in [6.45, 7) is 6.35. The van der Waals surface area contributed by atoms with Crippen LogP contribution in [0.3, 0.4) is 0 Å². The van der Waals surface area contributed by atoms with Gasteiger partial charge in [-0.1, -0.05) is 26.0 Å². The first kappa shape index (κ1) is 11.9. The van der Waals surface area contributed by atoms with E-state index in [2.05, 4.69) is 19.9 Å². The van der Waals surface area contributed by atoms with Crippen LogP contribution >= 0.6 is 0 Å². The predicted octanol–water partition coefficient (Wildman–Crippen LogP) is 2.85. The molecule has 0 aliphatic heterocycles. The van der Waals surface area contributed by atoms with Crippen LogP contribution in [0, 0.1) is 0 Å². The highest BCUT2D eigenvalue weighted by atomic mass is 16.5. The molecule has 0 aromatic carbocycles. The van der Waals surface area contributed by atoms with Crippen LogP contribution in [-0.2, 0) is 9.53 Å². The average molecular weight is 182 g/mol. The number of rotatable bonds is 5. The van der Waals surface area contributed by atoms with E-state index < -0.39 is 0 Å². The van der Waals surface area contributed by atoms with Crippen molar-refractivity contribution >= 4 is 5.97 Å². The first-order valence-electron chi connectivity index (χ1n) is 4.71. The van der Waals surface area contributed by atoms with Gasteiger partial charge >= 0.3 is 5.97 Å². The van der Waals surface area contributed by atoms with Gasteiger partial charge in [0.2, 0.25) is 0 Å². The van der Waals surface area contributed by atoms with Crippen LogP contribution in [0.15, 0.2) is 23.8 Å². The Labute approximate surface area is 80.3 Å². The van der Waals surface area contributed by atoms with Crippen LogP contribution in [0.25, 0.3) is 0 Å². The second kappa shape index (κ2) is 7.59. The highest BCUT2D eigenvalue weighted by molar-refractivity contribution is 5.81. The maximum atomic E-state index is 10.9. The molecule has 0 aliphatic rings. The standard InChI is InChI=1S/C11H18O2/c1-4-7-10(6-3)9-13-11(12)8-5-2/h5,7-8H,4,6,9H2,1-3H3/b8-5-,10-7?. The Kier molecular flexibility index (Phi) is 6.98. The van der Waals surface area contributed by atoms with Gasteiger partial charge in [0.1, 0.15) is 6.61 Å². The van der Waals surface area contributed by atoms with E-state index in [9.17, 15) is 4.79 Å². The molecule has 0 aromatic heterocycles. The molecule has 0 saturated heterocycles. The molecule has 74 valence electrons. The smallest absolute Gasteiger partial charge is 0.330 e. The fourth-order valence-electron chi connectivity index (χ4n) is 0.942. The molecular weight excluding hydrogens is 164 g/mol. The van der Waals surface area contributed by atoms with Crippen molar-refractivity contribution in [2.24, 2.45) is 0 Å². The molecule has 13 heavy (non-hydrogen) atoms. The van der Waals surface area contributed by atoms with Crippen molar-refractivity contribution in [3.63, 3.8) is 0 Å². The number of ether oxygens (including phenoxy) is 1. The highest BCUT2D eigenvalue weighted by Crippen LogP contribution is 2.02. The van der Waals surface area contributed by atoms with Crippen molar-refractivity contribution < 1.29 is 9.53 Å². The summed E-state index contributed by atoms with van der Waals surface area (Å²) in [6, 6.07) is 0. The molecule has 0 aliphatic carbocycles. The molecule has 0 saturated carbocycles. The van der Waals surface area contributed by atoms with E-state index >= 15 is 0 Å². The van der Waals surface area contributed by atoms with Gasteiger partial charge in [-0.15, -0.1) is 0 Å². The van der Waals surface area contributed by atoms with E-state index in [1.165, 1.54) is 11.6 Å². The van der Waals surface area contributed by atoms with Crippen LogP contribution in [0.1, 0.15) is 33.6 Å². The Morgan fingerprint density at radius 3 is 2.54 bits per heavy atom. The molecule has 0 heterocycles. The van der Waals surface area contributed by atoms with Crippen molar-refractivity contribution in [1.29, 1.82) is 0 Å². The fraction of sp³-hybridized carbons (Fsp3) is 0.545. The molecule has 0 amide bonds. The van der Waals surface area contributed by atoms with Gasteiger partial charge in [-0.3, -0.25) is 0 Å². The Hall–Kier alpha value is -1.05. The molecule has 0 unspecified atom stereocenters. The summed E-state index contributed by atoms with van der Waals surface area (Å²) in [6.07, 6.45) is 7.14. The predicted molar refractivity (Wildman–Crippen MR) is 54.4 cm³/mol. The lowest BCUT2D eigenvalue weighted by atomic mass is 10.2. The molecular formula is C11H18O2. The molecule has 2 heteroatoms. The number of hydrogen-bond acceptors (Lipinski definition) is 2. The third-order valence-electron chi connectivity index (χ3n) is 1.65. The van der Waals surface area contributed by atoms with Gasteiger partial charge < -0.3 is 4.74 Å². The molecule has 0 radical (unpaired) electrons. The first-order chi connectivity index (χ1) is 6.24. The van der Waals surface area contributed by atoms with E-state index in [0.29, 0.717) is 6.61 Å². The largest absolute Gasteiger partial charge is 0.458 e. The van der Waals surface area contributed by atoms with E-state index in [-0.39, 0.29) is 5.97 Å². The van der Waals surface area contributed by atoms with Gasteiger partial charge in [-0.25, -0.2) is 4.79 Å². The lowest BCUT2D eigenvalue weighted by molar-refractivity contribution is -0.136. The molecule has 0 spiro atoms. The second-order valence-electron chi connectivity index (χ2n) is 2.73. The second-order valence-corrected chi connectivity index (χ2v) is 2.73. The average Bonchev–Trinajstić information content (AvgIpc) is 2.12. The zero-order chi connectivity index (χ0) is 10.1. The van der Waals surface area contributed by atoms with Gasteiger partial charge in [0, 0.05) is 6.08 Å². The Bertz CT molecular complexity index is 202. The van der Waals surface area contributed by atoms with Crippen LogP contribution in [0.2, 0.25) is 0 Å². The summed E-state index contributed by atoms with van der Waals surface area (Å²) in [4.78, 5) is 10.9. The molecule has 0 aromatic rings. The van der Waals surface area contributed by atoms with E-state index in [4.69, 9.17) is 4.74 Å². The Balaban J connectivity index is 3.85. The van der Waals surface area contributed by atoms with Gasteiger partial charge in [0.15, 0.2) is 0 Å². The van der Waals surface area contributed by atoms with Crippen LogP contribution in [-0.4, -0.2) is 12.6 Å². The van der Waals surface area contributed by atoms with Gasteiger partial charge in [-0.05, 0) is 25.3 Å². The monoisotopic (exact) mass is 182 g/mol. The highest BCUT2D eigenvalue weighted by Gasteiger charge is 1.98. The summed E-state index contributed by atoms with van der Waals surface area (Å²) in [7, 11) is 0. The lowest BCUT2D eigenvalue weighted by Crippen LogP contribution is -2.04. The minimum absolute atomic E-state index is 0.266. The van der Waals surface area contributed by atoms with Crippen molar-refractivity contribution in [3.8, 4) is 0 Å². The third-order valence-corrected chi connectivity index (χ3v) is 1.65. The molecule has 0 atom stereocenters. The minimum Gasteiger partial charge on any atom is -0.458 e. The molecule has 0 fully saturated rings. The van der Waals surface area contributed by atoms with Crippen LogP contribution in [0.5, 0.6) is 0 Å². The first-order valence-corrected chi connectivity index (χ1v) is 4.71. The number of esters is 1. The number of carbonyl (C=O) groups is 1. The van der Waals surface area contributed by atoms with Crippen LogP contribution < -0.4 is 0 Å². The quantitative estimate of drug-likeness (QED) is 0.371. The summed E-state index contributed by atoms with van der Waals surface area (Å²) in [5.41, 5.74) is 1.18. The third kappa shape index (κ3) is 6.14. The van der Waals surface area contributed by atoms with Crippen molar-refractivity contribution in [3.05, 3.63) is 23.8 Å². The summed E-state index contributed by atoms with van der Waals surface area (Å²) in [5, 5.41) is 0. The van der Waals surface area contributed by atoms with E-state index in [0.717, 1.165) is 12.8 Å². The maximum absolute atomic E-state index is 10.9. The summed E-state index contributed by atoms with van der Waals surface area (Å²) >= 11 is 0. The van der Waals surface area contributed by atoms with Crippen molar-refractivity contribution in [1.82, 2.24) is 0 Å². The summed E-state index contributed by atoms with van der Waals surface area (Å²) < 4.78 is 4.99. The van der Waals surface area contributed by atoms with E-state index in [1.54, 1.807) is 13.0 Å². The van der Waals surface area contributed by atoms with Crippen LogP contribution in [0.4, 0.5) is 0 Å². The molecule has 0 N–H and O–H groups in total. The van der Waals surface area contributed by atoms with Gasteiger partial charge in [0.25, 0.3) is 0 Å². The zero-order valence-corrected chi connectivity index (χ0v) is 8.67. The van der Waals surface area contributed by atoms with Crippen molar-refractivity contribution in [2.45, 2.75) is 33.6 Å². The van der Waals surface area contributed by atoms with Crippen molar-refractivity contribution in [2.75, 3.05) is 6.61 Å². The number of hydrogen-bond donors (Lipinski definition) is 0. The fourth-order valence-corrected chi connectivity index (χ4v) is 0.942. The summed E-state index contributed by atoms with van der Waals surface area (Å²) in [5.74, 6) is -0.266. The van der Waals surface area contributed by atoms with E-state index in [1.807, 2.05) is 0 Å². The molecule has 0 rings (SSSR count). The maximum Gasteiger partial charge on any atom is 0.330 e. The Morgan fingerprint density at radius 2 is 2.08 bits per heavy atom. The normalized spacial score (nSPS) is 12.1. The van der Waals surface area contributed by atoms with Gasteiger partial charge in [0.05, 0.1) is 0 Å². The SMILES string of the molecule is C/C=C\C(=O)OCC(=CCC)CC. The topological polar surface area (TPSA) is 26.3 Å². The Morgan fingerprint density at radius 1 is 1.38 bits per heavy atom. The zero-order valence-electron chi connectivity index (χ0n) is 8.67. The van der Waals surface area contributed by atoms with Gasteiger partial charge in [-0.2, -0.15) is 0 Å². The number of carbonyl (C=O) groups excluding carboxylic acids is 1.